The maximum absolute atomic E-state index is 12.4. The molecule has 4 atom stereocenters. The van der Waals surface area contributed by atoms with E-state index in [1.165, 1.54) is 24.3 Å². The second-order valence-electron chi connectivity index (χ2n) is 11.9. The van der Waals surface area contributed by atoms with Crippen molar-refractivity contribution in [3.05, 3.63) is 79.9 Å². The number of hydrogen-bond donors (Lipinski definition) is 1. The number of non-ortho nitro benzene ring substituents is 2. The van der Waals surface area contributed by atoms with Crippen molar-refractivity contribution in [3.63, 3.8) is 0 Å². The van der Waals surface area contributed by atoms with Crippen molar-refractivity contribution in [2.24, 2.45) is 0 Å². The van der Waals surface area contributed by atoms with Crippen LogP contribution >= 0.6 is 15.9 Å². The quantitative estimate of drug-likeness (QED) is 0.107. The third-order valence-electron chi connectivity index (χ3n) is 8.79. The number of nitrogens with zero attached hydrogens (tertiary/aromatic N) is 4. The normalized spacial score (nSPS) is 19.5. The number of hydrogen-bond acceptors (Lipinski definition) is 9. The molecular formula is C34H49BrN4O8. The highest BCUT2D eigenvalue weighted by Crippen LogP contribution is 2.23. The number of nitro benzene ring substituents is 2. The smallest absolute Gasteiger partial charge is 0.323 e. The van der Waals surface area contributed by atoms with Crippen LogP contribution in [0.15, 0.2) is 48.5 Å². The number of nitro groups is 2. The zero-order valence-electron chi connectivity index (χ0n) is 27.9. The number of benzene rings is 2. The first kappa shape index (κ1) is 39.8. The Morgan fingerprint density at radius 2 is 1.23 bits per heavy atom. The van der Waals surface area contributed by atoms with Gasteiger partial charge in [-0.3, -0.25) is 39.6 Å². The van der Waals surface area contributed by atoms with Crippen molar-refractivity contribution >= 4 is 39.2 Å². The van der Waals surface area contributed by atoms with Crippen molar-refractivity contribution in [2.75, 3.05) is 13.1 Å². The topological polar surface area (TPSA) is 156 Å². The fourth-order valence-electron chi connectivity index (χ4n) is 5.62. The van der Waals surface area contributed by atoms with Crippen LogP contribution in [-0.4, -0.2) is 73.9 Å². The molecule has 4 rings (SSSR count). The number of esters is 1. The Morgan fingerprint density at radius 3 is 1.64 bits per heavy atom. The standard InChI is InChI=1S/C17H24N2O4.C10H19NO2.C7H6BrNO2/c1-3-13(2)18-11-5-4-6-16(18)17(20)23-12-14-7-9-15(10-8-14)19(21)22;1-3-8(2)11-7-5-4-6-9(11)10(12)13;8-5-6-1-3-7(4-2-6)9(10)11/h7-10,13,16H,3-6,11-12H2,1-2H3;8-9H,3-7H2,1-2H3,(H,12,13);1-4H,5H2/t13?,16-;8?,9-;/m11./s1. The van der Waals surface area contributed by atoms with Crippen LogP contribution in [0, 0.1) is 20.2 Å². The van der Waals surface area contributed by atoms with E-state index in [-0.39, 0.29) is 36.0 Å². The molecule has 12 nitrogen and oxygen atoms in total. The Hall–Kier alpha value is -3.42. The molecule has 260 valence electrons. The summed E-state index contributed by atoms with van der Waals surface area (Å²) < 4.78 is 5.44. The lowest BCUT2D eigenvalue weighted by Gasteiger charge is -2.38. The predicted molar refractivity (Wildman–Crippen MR) is 184 cm³/mol. The molecular weight excluding hydrogens is 672 g/mol. The Balaban J connectivity index is 0.000000270. The number of rotatable bonds is 11. The van der Waals surface area contributed by atoms with Crippen LogP contribution in [0.3, 0.4) is 0 Å². The first-order valence-electron chi connectivity index (χ1n) is 16.4. The van der Waals surface area contributed by atoms with Gasteiger partial charge in [-0.2, -0.15) is 0 Å². The maximum Gasteiger partial charge on any atom is 0.323 e. The van der Waals surface area contributed by atoms with E-state index in [9.17, 15) is 29.8 Å². The molecule has 0 aliphatic carbocycles. The number of carboxylic acids is 1. The summed E-state index contributed by atoms with van der Waals surface area (Å²) in [6.07, 6.45) is 8.07. The molecule has 2 saturated heterocycles. The summed E-state index contributed by atoms with van der Waals surface area (Å²) in [5.74, 6) is -0.844. The third-order valence-corrected chi connectivity index (χ3v) is 9.44. The maximum atomic E-state index is 12.4. The molecule has 0 radical (unpaired) electrons. The monoisotopic (exact) mass is 720 g/mol. The van der Waals surface area contributed by atoms with Gasteiger partial charge in [0.1, 0.15) is 18.7 Å². The fraction of sp³-hybridized carbons (Fsp3) is 0.588. The van der Waals surface area contributed by atoms with E-state index in [2.05, 4.69) is 53.4 Å². The molecule has 47 heavy (non-hydrogen) atoms. The molecule has 2 unspecified atom stereocenters. The SMILES string of the molecule is CCC(C)N1CCCC[C@@H]1C(=O)O.CCC(C)N1CCCC[C@@H]1C(=O)OCc1ccc([N+](=O)[O-])cc1.O=[N+]([O-])c1ccc(CBr)cc1. The summed E-state index contributed by atoms with van der Waals surface area (Å²) >= 11 is 3.25. The predicted octanol–water partition coefficient (Wildman–Crippen LogP) is 7.50. The highest BCUT2D eigenvalue weighted by atomic mass is 79.9. The Bertz CT molecular complexity index is 1280. The zero-order chi connectivity index (χ0) is 34.9. The number of alkyl halides is 1. The summed E-state index contributed by atoms with van der Waals surface area (Å²) in [6, 6.07) is 12.9. The van der Waals surface area contributed by atoms with Gasteiger partial charge in [-0.15, -0.1) is 0 Å². The van der Waals surface area contributed by atoms with Crippen LogP contribution in [0.2, 0.25) is 0 Å². The molecule has 0 amide bonds. The molecule has 2 aromatic carbocycles. The second-order valence-corrected chi connectivity index (χ2v) is 12.5. The Kier molecular flexibility index (Phi) is 17.5. The van der Waals surface area contributed by atoms with Gasteiger partial charge >= 0.3 is 11.9 Å². The van der Waals surface area contributed by atoms with E-state index < -0.39 is 15.8 Å². The lowest BCUT2D eigenvalue weighted by Crippen LogP contribution is -2.49. The zero-order valence-corrected chi connectivity index (χ0v) is 29.5. The Morgan fingerprint density at radius 1 is 0.809 bits per heavy atom. The van der Waals surface area contributed by atoms with Crippen LogP contribution < -0.4 is 0 Å². The summed E-state index contributed by atoms with van der Waals surface area (Å²) in [6.45, 7) is 10.5. The van der Waals surface area contributed by atoms with Gasteiger partial charge in [0.2, 0.25) is 0 Å². The average molecular weight is 722 g/mol. The van der Waals surface area contributed by atoms with E-state index >= 15 is 0 Å². The molecule has 2 aromatic rings. The molecule has 2 heterocycles. The number of carbonyl (C=O) groups is 2. The van der Waals surface area contributed by atoms with Gasteiger partial charge in [-0.05, 0) is 88.7 Å². The molecule has 0 bridgehead atoms. The first-order chi connectivity index (χ1) is 22.4. The minimum atomic E-state index is -0.653. The van der Waals surface area contributed by atoms with Crippen molar-refractivity contribution in [1.29, 1.82) is 0 Å². The number of carbonyl (C=O) groups excluding carboxylic acids is 1. The average Bonchev–Trinajstić information content (AvgIpc) is 3.10. The number of likely N-dealkylation sites (tertiary alicyclic amines) is 2. The number of carboxylic acid groups (broad SMARTS) is 1. The molecule has 0 saturated carbocycles. The lowest BCUT2D eigenvalue weighted by atomic mass is 9.99. The van der Waals surface area contributed by atoms with Crippen molar-refractivity contribution in [2.45, 2.75) is 115 Å². The third kappa shape index (κ3) is 13.0. The molecule has 13 heteroatoms. The van der Waals surface area contributed by atoms with E-state index in [4.69, 9.17) is 9.84 Å². The number of piperidine rings is 2. The van der Waals surface area contributed by atoms with Crippen LogP contribution in [0.5, 0.6) is 0 Å². The molecule has 0 aromatic heterocycles. The number of ether oxygens (including phenoxy) is 1. The van der Waals surface area contributed by atoms with Crippen LogP contribution in [-0.2, 0) is 26.3 Å². The summed E-state index contributed by atoms with van der Waals surface area (Å²) in [7, 11) is 0. The molecule has 0 spiro atoms. The highest BCUT2D eigenvalue weighted by molar-refractivity contribution is 9.08. The molecule has 2 aliphatic rings. The fourth-order valence-corrected chi connectivity index (χ4v) is 6.00. The van der Waals surface area contributed by atoms with Gasteiger partial charge in [0, 0.05) is 41.7 Å². The van der Waals surface area contributed by atoms with Gasteiger partial charge < -0.3 is 9.84 Å². The summed E-state index contributed by atoms with van der Waals surface area (Å²) in [5.41, 5.74) is 1.97. The number of aliphatic carboxylic acids is 1. The van der Waals surface area contributed by atoms with E-state index in [1.54, 1.807) is 24.3 Å². The Labute approximate surface area is 285 Å². The van der Waals surface area contributed by atoms with Gasteiger partial charge in [0.25, 0.3) is 11.4 Å². The van der Waals surface area contributed by atoms with Crippen LogP contribution in [0.4, 0.5) is 11.4 Å². The molecule has 1 N–H and O–H groups in total. The van der Waals surface area contributed by atoms with Gasteiger partial charge in [-0.1, -0.05) is 54.8 Å². The van der Waals surface area contributed by atoms with Gasteiger partial charge in [0.15, 0.2) is 0 Å². The van der Waals surface area contributed by atoms with Gasteiger partial charge in [-0.25, -0.2) is 0 Å². The minimum absolute atomic E-state index is 0.0373. The van der Waals surface area contributed by atoms with Crippen LogP contribution in [0.25, 0.3) is 0 Å². The van der Waals surface area contributed by atoms with Crippen molar-refractivity contribution in [1.82, 2.24) is 9.80 Å². The van der Waals surface area contributed by atoms with E-state index in [0.29, 0.717) is 12.1 Å². The summed E-state index contributed by atoms with van der Waals surface area (Å²) in [5, 5.41) is 30.6. The largest absolute Gasteiger partial charge is 0.480 e. The van der Waals surface area contributed by atoms with Gasteiger partial charge in [0.05, 0.1) is 9.85 Å². The first-order valence-corrected chi connectivity index (χ1v) is 17.5. The molecule has 2 aliphatic heterocycles. The minimum Gasteiger partial charge on any atom is -0.480 e. The van der Waals surface area contributed by atoms with E-state index in [0.717, 1.165) is 80.9 Å². The van der Waals surface area contributed by atoms with Crippen LogP contribution in [0.1, 0.15) is 90.2 Å². The number of halogens is 1. The second kappa shape index (κ2) is 20.7. The molecule has 2 fully saturated rings. The van der Waals surface area contributed by atoms with Crippen molar-refractivity contribution < 1.29 is 29.3 Å². The summed E-state index contributed by atoms with van der Waals surface area (Å²) in [4.78, 5) is 47.7. The van der Waals surface area contributed by atoms with E-state index in [1.807, 2.05) is 0 Å². The highest BCUT2D eigenvalue weighted by Gasteiger charge is 2.32. The lowest BCUT2D eigenvalue weighted by molar-refractivity contribution is -0.385. The van der Waals surface area contributed by atoms with Crippen molar-refractivity contribution in [3.8, 4) is 0 Å².